The maximum absolute atomic E-state index is 12.6. The number of aromatic nitrogens is 5. The number of carbonyl (C=O) groups is 1. The van der Waals surface area contributed by atoms with E-state index >= 15 is 0 Å². The normalized spacial score (nSPS) is 14.9. The molecule has 9 heteroatoms. The van der Waals surface area contributed by atoms with Gasteiger partial charge in [0.15, 0.2) is 10.8 Å². The van der Waals surface area contributed by atoms with Crippen molar-refractivity contribution >= 4 is 56.2 Å². The zero-order valence-corrected chi connectivity index (χ0v) is 16.9. The molecule has 5 rings (SSSR count). The number of fused-ring (bicyclic) bond motifs is 4. The average Bonchev–Trinajstić information content (AvgIpc) is 3.27. The highest BCUT2D eigenvalue weighted by Gasteiger charge is 2.21. The van der Waals surface area contributed by atoms with Gasteiger partial charge in [-0.05, 0) is 38.7 Å². The smallest absolute Gasteiger partial charge is 0.239 e. The van der Waals surface area contributed by atoms with Gasteiger partial charge < -0.3 is 10.3 Å². The zero-order chi connectivity index (χ0) is 19.1. The highest BCUT2D eigenvalue weighted by atomic mass is 32.2. The van der Waals surface area contributed by atoms with Crippen molar-refractivity contribution in [1.29, 1.82) is 0 Å². The highest BCUT2D eigenvalue weighted by molar-refractivity contribution is 8.00. The molecule has 3 heterocycles. The molecular formula is C19H18N6OS2. The summed E-state index contributed by atoms with van der Waals surface area (Å²) in [5, 5.41) is 13.2. The molecule has 0 radical (unpaired) electrons. The molecule has 0 fully saturated rings. The minimum atomic E-state index is -0.357. The van der Waals surface area contributed by atoms with Gasteiger partial charge in [0.2, 0.25) is 11.1 Å². The van der Waals surface area contributed by atoms with E-state index in [9.17, 15) is 4.79 Å². The first kappa shape index (κ1) is 17.6. The van der Waals surface area contributed by atoms with Crippen molar-refractivity contribution < 1.29 is 4.79 Å². The summed E-state index contributed by atoms with van der Waals surface area (Å²) >= 11 is 2.88. The van der Waals surface area contributed by atoms with Gasteiger partial charge >= 0.3 is 0 Å². The Balaban J connectivity index is 1.31. The van der Waals surface area contributed by atoms with E-state index in [0.29, 0.717) is 15.9 Å². The van der Waals surface area contributed by atoms with E-state index in [2.05, 4.69) is 30.5 Å². The van der Waals surface area contributed by atoms with Crippen LogP contribution in [0.2, 0.25) is 0 Å². The minimum absolute atomic E-state index is 0.101. The Hall–Kier alpha value is -2.52. The maximum atomic E-state index is 12.6. The van der Waals surface area contributed by atoms with Crippen LogP contribution in [0, 0.1) is 0 Å². The molecule has 4 aromatic rings. The lowest BCUT2D eigenvalue weighted by Crippen LogP contribution is -2.22. The summed E-state index contributed by atoms with van der Waals surface area (Å²) < 4.78 is 0. The third kappa shape index (κ3) is 3.24. The van der Waals surface area contributed by atoms with Crippen LogP contribution in [0.1, 0.15) is 30.3 Å². The van der Waals surface area contributed by atoms with Crippen LogP contribution < -0.4 is 5.32 Å². The van der Waals surface area contributed by atoms with Gasteiger partial charge in [-0.3, -0.25) is 4.79 Å². The number of hydrogen-bond acceptors (Lipinski definition) is 7. The van der Waals surface area contributed by atoms with E-state index < -0.39 is 0 Å². The maximum Gasteiger partial charge on any atom is 0.239 e. The topological polar surface area (TPSA) is 96.5 Å². The van der Waals surface area contributed by atoms with Crippen LogP contribution in [0.3, 0.4) is 0 Å². The number of rotatable bonds is 4. The van der Waals surface area contributed by atoms with Gasteiger partial charge in [0, 0.05) is 15.8 Å². The van der Waals surface area contributed by atoms with Crippen LogP contribution in [-0.4, -0.2) is 36.3 Å². The molecule has 1 aliphatic rings. The highest BCUT2D eigenvalue weighted by Crippen LogP contribution is 2.30. The van der Waals surface area contributed by atoms with E-state index in [1.54, 1.807) is 11.3 Å². The number of thioether (sulfide) groups is 1. The molecule has 28 heavy (non-hydrogen) atoms. The predicted molar refractivity (Wildman–Crippen MR) is 112 cm³/mol. The molecule has 0 saturated carbocycles. The van der Waals surface area contributed by atoms with E-state index in [1.165, 1.54) is 29.5 Å². The first-order valence-corrected chi connectivity index (χ1v) is 10.9. The largest absolute Gasteiger partial charge is 0.338 e. The summed E-state index contributed by atoms with van der Waals surface area (Å²) in [7, 11) is 0. The summed E-state index contributed by atoms with van der Waals surface area (Å²) in [6, 6.07) is 7.89. The van der Waals surface area contributed by atoms with Crippen LogP contribution in [-0.2, 0) is 17.6 Å². The molecule has 1 amide bonds. The molecule has 7 nitrogen and oxygen atoms in total. The van der Waals surface area contributed by atoms with E-state index in [-0.39, 0.29) is 11.2 Å². The molecule has 0 saturated heterocycles. The van der Waals surface area contributed by atoms with Crippen molar-refractivity contribution in [2.24, 2.45) is 0 Å². The number of benzene rings is 1. The number of anilines is 1. The van der Waals surface area contributed by atoms with Gasteiger partial charge in [-0.25, -0.2) is 9.97 Å². The lowest BCUT2D eigenvalue weighted by atomic mass is 10.0. The van der Waals surface area contributed by atoms with Crippen LogP contribution in [0.15, 0.2) is 29.4 Å². The lowest BCUT2D eigenvalue weighted by molar-refractivity contribution is -0.115. The molecule has 0 unspecified atom stereocenters. The Bertz CT molecular complexity index is 1160. The fourth-order valence-corrected chi connectivity index (χ4v) is 5.15. The SMILES string of the molecule is C[C@H](Sc1nnc2c(n1)[nH]c1ccccc12)C(=O)Nc1nc2c(s1)CCCC2. The Morgan fingerprint density at radius 1 is 1.21 bits per heavy atom. The Morgan fingerprint density at radius 3 is 2.96 bits per heavy atom. The van der Waals surface area contributed by atoms with Crippen molar-refractivity contribution in [3.63, 3.8) is 0 Å². The summed E-state index contributed by atoms with van der Waals surface area (Å²) in [4.78, 5) is 26.3. The summed E-state index contributed by atoms with van der Waals surface area (Å²) in [5.41, 5.74) is 3.54. The molecule has 3 aromatic heterocycles. The van der Waals surface area contributed by atoms with Crippen molar-refractivity contribution in [2.75, 3.05) is 5.32 Å². The number of aromatic amines is 1. The number of thiazole rings is 1. The molecule has 1 aromatic carbocycles. The Kier molecular flexibility index (Phi) is 4.48. The number of nitrogens with zero attached hydrogens (tertiary/aromatic N) is 4. The fraction of sp³-hybridized carbons (Fsp3) is 0.316. The monoisotopic (exact) mass is 410 g/mol. The first-order valence-electron chi connectivity index (χ1n) is 9.24. The van der Waals surface area contributed by atoms with Crippen LogP contribution in [0.25, 0.3) is 22.1 Å². The third-order valence-electron chi connectivity index (χ3n) is 4.83. The van der Waals surface area contributed by atoms with Gasteiger partial charge in [0.05, 0.1) is 10.9 Å². The van der Waals surface area contributed by atoms with Crippen molar-refractivity contribution in [3.05, 3.63) is 34.8 Å². The molecule has 2 N–H and O–H groups in total. The number of carbonyl (C=O) groups excluding carboxylic acids is 1. The number of H-pyrrole nitrogens is 1. The summed E-state index contributed by atoms with van der Waals surface area (Å²) in [6.07, 6.45) is 4.46. The van der Waals surface area contributed by atoms with Gasteiger partial charge in [0.1, 0.15) is 5.52 Å². The third-order valence-corrected chi connectivity index (χ3v) is 6.85. The standard InChI is InChI=1S/C19H18N6OS2/c1-10(17(26)23-18-21-13-8-4-5-9-14(13)28-18)27-19-22-16-15(24-25-19)11-6-2-3-7-12(11)20-16/h2-3,6-7,10H,4-5,8-9H2,1H3,(H,20,22,25)(H,21,23,26)/t10-/m0/s1. The molecule has 0 bridgehead atoms. The Labute approximate surface area is 169 Å². The summed E-state index contributed by atoms with van der Waals surface area (Å²) in [5.74, 6) is -0.101. The second-order valence-electron chi connectivity index (χ2n) is 6.81. The summed E-state index contributed by atoms with van der Waals surface area (Å²) in [6.45, 7) is 1.84. The van der Waals surface area contributed by atoms with E-state index in [4.69, 9.17) is 0 Å². The molecule has 142 valence electrons. The van der Waals surface area contributed by atoms with Crippen LogP contribution in [0.5, 0.6) is 0 Å². The lowest BCUT2D eigenvalue weighted by Gasteiger charge is -2.08. The number of para-hydroxylation sites is 1. The number of amides is 1. The first-order chi connectivity index (χ1) is 13.7. The Morgan fingerprint density at radius 2 is 2.07 bits per heavy atom. The second kappa shape index (κ2) is 7.14. The quantitative estimate of drug-likeness (QED) is 0.494. The van der Waals surface area contributed by atoms with E-state index in [0.717, 1.165) is 35.0 Å². The molecule has 1 atom stereocenters. The van der Waals surface area contributed by atoms with Crippen molar-refractivity contribution in [1.82, 2.24) is 25.1 Å². The zero-order valence-electron chi connectivity index (χ0n) is 15.2. The van der Waals surface area contributed by atoms with Crippen LogP contribution >= 0.6 is 23.1 Å². The van der Waals surface area contributed by atoms with Gasteiger partial charge in [-0.1, -0.05) is 30.0 Å². The van der Waals surface area contributed by atoms with E-state index in [1.807, 2.05) is 31.2 Å². The predicted octanol–water partition coefficient (Wildman–Crippen LogP) is 3.96. The molecule has 0 spiro atoms. The second-order valence-corrected chi connectivity index (χ2v) is 9.20. The fourth-order valence-electron chi connectivity index (χ4n) is 3.38. The molecule has 1 aliphatic carbocycles. The van der Waals surface area contributed by atoms with Crippen molar-refractivity contribution in [2.45, 2.75) is 43.0 Å². The number of hydrogen-bond donors (Lipinski definition) is 2. The van der Waals surface area contributed by atoms with Crippen molar-refractivity contribution in [3.8, 4) is 0 Å². The molecule has 0 aliphatic heterocycles. The molecular weight excluding hydrogens is 392 g/mol. The number of aryl methyl sites for hydroxylation is 2. The van der Waals surface area contributed by atoms with Gasteiger partial charge in [-0.2, -0.15) is 0 Å². The average molecular weight is 411 g/mol. The van der Waals surface area contributed by atoms with Gasteiger partial charge in [0.25, 0.3) is 0 Å². The number of nitrogens with one attached hydrogen (secondary N) is 2. The van der Waals surface area contributed by atoms with Gasteiger partial charge in [-0.15, -0.1) is 21.5 Å². The van der Waals surface area contributed by atoms with Crippen LogP contribution in [0.4, 0.5) is 5.13 Å². The minimum Gasteiger partial charge on any atom is -0.338 e.